The van der Waals surface area contributed by atoms with Crippen LogP contribution in [-0.4, -0.2) is 9.97 Å². The van der Waals surface area contributed by atoms with Gasteiger partial charge in [0.05, 0.1) is 22.1 Å². The third-order valence-corrected chi connectivity index (χ3v) is 4.71. The van der Waals surface area contributed by atoms with Crippen molar-refractivity contribution < 1.29 is 9.55 Å². The number of hydrogen-bond acceptors (Lipinski definition) is 2. The van der Waals surface area contributed by atoms with E-state index in [-0.39, 0.29) is 0 Å². The maximum atomic E-state index is 4.76. The number of nitrogens with zero attached hydrogens (tertiary/aromatic N) is 3. The fourth-order valence-corrected chi connectivity index (χ4v) is 3.31. The van der Waals surface area contributed by atoms with Crippen LogP contribution >= 0.6 is 0 Å². The van der Waals surface area contributed by atoms with E-state index in [9.17, 15) is 0 Å². The second kappa shape index (κ2) is 6.57. The fourth-order valence-electron chi connectivity index (χ4n) is 3.31. The van der Waals surface area contributed by atoms with Crippen molar-refractivity contribution in [2.75, 3.05) is 0 Å². The van der Waals surface area contributed by atoms with Gasteiger partial charge in [0.15, 0.2) is 31.3 Å². The second-order valence-corrected chi connectivity index (χ2v) is 6.58. The van der Waals surface area contributed by atoms with E-state index >= 15 is 0 Å². The van der Waals surface area contributed by atoms with E-state index in [1.54, 1.807) is 0 Å². The molecule has 0 aliphatic heterocycles. The number of pyridine rings is 2. The third-order valence-electron chi connectivity index (χ3n) is 4.71. The Morgan fingerprint density at radius 1 is 0.667 bits per heavy atom. The number of hydrogen-bond donors (Lipinski definition) is 0. The topological polar surface area (TPSA) is 43.8 Å². The Balaban J connectivity index is 1.44. The first-order valence-corrected chi connectivity index (χ1v) is 8.96. The van der Waals surface area contributed by atoms with Crippen LogP contribution in [0.25, 0.3) is 33.2 Å². The first kappa shape index (κ1) is 15.6. The molecule has 2 aromatic carbocycles. The molecule has 0 radical (unpaired) electrons. The van der Waals surface area contributed by atoms with E-state index in [1.807, 2.05) is 36.7 Å². The number of fused-ring (bicyclic) bond motifs is 2. The summed E-state index contributed by atoms with van der Waals surface area (Å²) in [6, 6.07) is 22.7. The Bertz CT molecular complexity index is 1230. The molecule has 0 saturated carbocycles. The van der Waals surface area contributed by atoms with Crippen LogP contribution in [0.5, 0.6) is 0 Å². The van der Waals surface area contributed by atoms with E-state index < -0.39 is 0 Å². The summed E-state index contributed by atoms with van der Waals surface area (Å²) in [4.78, 5) is 12.5. The fraction of sp³-hybridized carbons (Fsp3) is 0.0435. The lowest BCUT2D eigenvalue weighted by atomic mass is 10.1. The highest BCUT2D eigenvalue weighted by Crippen LogP contribution is 2.18. The summed E-state index contributed by atoms with van der Waals surface area (Å²) in [7, 11) is 0. The van der Waals surface area contributed by atoms with E-state index in [0.29, 0.717) is 0 Å². The molecule has 0 saturated heterocycles. The molecule has 4 heteroatoms. The van der Waals surface area contributed by atoms with Crippen LogP contribution in [0.15, 0.2) is 91.5 Å². The lowest BCUT2D eigenvalue weighted by Gasteiger charge is -2.03. The molecule has 3 aromatic heterocycles. The predicted molar refractivity (Wildman–Crippen MR) is 105 cm³/mol. The molecule has 0 fully saturated rings. The molecule has 3 heterocycles. The standard InChI is InChI=1S/C23H17N4/c1-2-4-21-20(3-1)25-22-6-5-17(15-23(22)26-21)16-27-13-9-19(10-14-27)18-7-11-24-12-8-18/h1-15H,16H2/q+1/p+1. The normalized spacial score (nSPS) is 11.1. The molecule has 128 valence electrons. The molecular formula is C23H18N4+2. The van der Waals surface area contributed by atoms with Crippen LogP contribution in [-0.2, 0) is 6.54 Å². The largest absolute Gasteiger partial charge is 0.245 e. The van der Waals surface area contributed by atoms with Gasteiger partial charge in [-0.15, -0.1) is 0 Å². The molecule has 4 nitrogen and oxygen atoms in total. The van der Waals surface area contributed by atoms with Crippen molar-refractivity contribution in [1.29, 1.82) is 0 Å². The minimum atomic E-state index is 0.799. The van der Waals surface area contributed by atoms with Gasteiger partial charge in [-0.25, -0.2) is 19.5 Å². The van der Waals surface area contributed by atoms with Crippen LogP contribution in [0.4, 0.5) is 0 Å². The molecule has 0 unspecified atom stereocenters. The minimum Gasteiger partial charge on any atom is -0.245 e. The van der Waals surface area contributed by atoms with Gasteiger partial charge in [-0.05, 0) is 35.4 Å². The molecule has 0 atom stereocenters. The van der Waals surface area contributed by atoms with Gasteiger partial charge in [0.2, 0.25) is 0 Å². The van der Waals surface area contributed by atoms with Crippen molar-refractivity contribution in [3.05, 3.63) is 97.1 Å². The summed E-state index contributed by atoms with van der Waals surface area (Å²) in [6.45, 7) is 0.799. The number of para-hydroxylation sites is 2. The van der Waals surface area contributed by atoms with Gasteiger partial charge in [0, 0.05) is 29.8 Å². The summed E-state index contributed by atoms with van der Waals surface area (Å²) in [5.74, 6) is 0. The molecule has 5 aromatic rings. The molecule has 5 rings (SSSR count). The van der Waals surface area contributed by atoms with Gasteiger partial charge in [-0.1, -0.05) is 18.2 Å². The summed E-state index contributed by atoms with van der Waals surface area (Å²) >= 11 is 0. The molecule has 0 aliphatic rings. The molecule has 0 spiro atoms. The number of nitrogens with one attached hydrogen (secondary N) is 1. The number of benzene rings is 2. The van der Waals surface area contributed by atoms with Gasteiger partial charge >= 0.3 is 0 Å². The zero-order chi connectivity index (χ0) is 18.1. The smallest absolute Gasteiger partial charge is 0.173 e. The van der Waals surface area contributed by atoms with Crippen molar-refractivity contribution in [2.45, 2.75) is 6.54 Å². The number of aromatic nitrogens is 4. The highest BCUT2D eigenvalue weighted by atomic mass is 14.9. The van der Waals surface area contributed by atoms with E-state index in [2.05, 4.69) is 64.4 Å². The molecule has 1 N–H and O–H groups in total. The molecular weight excluding hydrogens is 332 g/mol. The number of rotatable bonds is 3. The van der Waals surface area contributed by atoms with E-state index in [0.717, 1.165) is 28.6 Å². The van der Waals surface area contributed by atoms with Gasteiger partial charge < -0.3 is 0 Å². The van der Waals surface area contributed by atoms with E-state index in [1.165, 1.54) is 16.7 Å². The first-order valence-electron chi connectivity index (χ1n) is 8.96. The Morgan fingerprint density at radius 2 is 1.30 bits per heavy atom. The summed E-state index contributed by atoms with van der Waals surface area (Å²) in [5.41, 5.74) is 7.34. The van der Waals surface area contributed by atoms with Gasteiger partial charge in [-0.3, -0.25) is 0 Å². The summed E-state index contributed by atoms with van der Waals surface area (Å²) in [5, 5.41) is 0. The lowest BCUT2D eigenvalue weighted by Crippen LogP contribution is -2.33. The van der Waals surface area contributed by atoms with Gasteiger partial charge in [0.1, 0.15) is 0 Å². The van der Waals surface area contributed by atoms with Gasteiger partial charge in [0.25, 0.3) is 0 Å². The molecule has 27 heavy (non-hydrogen) atoms. The lowest BCUT2D eigenvalue weighted by molar-refractivity contribution is -0.688. The third kappa shape index (κ3) is 3.13. The van der Waals surface area contributed by atoms with Crippen LogP contribution in [0.1, 0.15) is 5.56 Å². The maximum absolute atomic E-state index is 4.76. The Hall–Kier alpha value is -3.66. The minimum absolute atomic E-state index is 0.799. The Kier molecular flexibility index (Phi) is 3.79. The molecule has 0 bridgehead atoms. The van der Waals surface area contributed by atoms with Crippen molar-refractivity contribution in [1.82, 2.24) is 9.97 Å². The van der Waals surface area contributed by atoms with Crippen molar-refractivity contribution >= 4 is 22.1 Å². The molecule has 0 amide bonds. The Labute approximate surface area is 156 Å². The monoisotopic (exact) mass is 350 g/mol. The zero-order valence-corrected chi connectivity index (χ0v) is 14.7. The highest BCUT2D eigenvalue weighted by molar-refractivity contribution is 5.86. The molecule has 0 aliphatic carbocycles. The van der Waals surface area contributed by atoms with Crippen LogP contribution in [0.3, 0.4) is 0 Å². The Morgan fingerprint density at radius 3 is 2.04 bits per heavy atom. The van der Waals surface area contributed by atoms with Crippen molar-refractivity contribution in [3.8, 4) is 11.1 Å². The maximum Gasteiger partial charge on any atom is 0.173 e. The summed E-state index contributed by atoms with van der Waals surface area (Å²) < 4.78 is 2.17. The average Bonchev–Trinajstić information content (AvgIpc) is 2.73. The van der Waals surface area contributed by atoms with Crippen molar-refractivity contribution in [3.63, 3.8) is 0 Å². The SMILES string of the molecule is c1ccc2nc3cc(C[n+]4ccc(-c5cc[nH+]cc5)cc4)ccc3nc2c1. The first-order chi connectivity index (χ1) is 13.3. The van der Waals surface area contributed by atoms with E-state index in [4.69, 9.17) is 9.97 Å². The van der Waals surface area contributed by atoms with Crippen molar-refractivity contribution in [2.24, 2.45) is 0 Å². The second-order valence-electron chi connectivity index (χ2n) is 6.58. The predicted octanol–water partition coefficient (Wildman–Crippen LogP) is 3.60. The van der Waals surface area contributed by atoms with Gasteiger partial charge in [-0.2, -0.15) is 0 Å². The number of H-pyrrole nitrogens is 1. The van der Waals surface area contributed by atoms with Crippen LogP contribution in [0, 0.1) is 0 Å². The number of aromatic amines is 1. The zero-order valence-electron chi connectivity index (χ0n) is 14.7. The highest BCUT2D eigenvalue weighted by Gasteiger charge is 2.07. The quantitative estimate of drug-likeness (QED) is 0.369. The van der Waals surface area contributed by atoms with Crippen LogP contribution in [0.2, 0.25) is 0 Å². The average molecular weight is 350 g/mol. The summed E-state index contributed by atoms with van der Waals surface area (Å²) in [6.07, 6.45) is 8.11. The van der Waals surface area contributed by atoms with Crippen LogP contribution < -0.4 is 9.55 Å².